The summed E-state index contributed by atoms with van der Waals surface area (Å²) in [5.74, 6) is 4.93. The number of fused-ring (bicyclic) bond motifs is 7. The Morgan fingerprint density at radius 3 is 2.88 bits per heavy atom. The Labute approximate surface area is 157 Å². The second kappa shape index (κ2) is 5.34. The topological polar surface area (TPSA) is 40.9 Å². The summed E-state index contributed by atoms with van der Waals surface area (Å²) in [7, 11) is 0. The lowest BCUT2D eigenvalue weighted by atomic mass is 9.44. The molecule has 0 unspecified atom stereocenters. The number of allylic oxidation sites excluding steroid dienone is 2. The molecule has 0 aromatic rings. The van der Waals surface area contributed by atoms with E-state index in [0.717, 1.165) is 31.6 Å². The van der Waals surface area contributed by atoms with Gasteiger partial charge in [-0.15, -0.1) is 6.58 Å². The molecule has 5 rings (SSSR count). The highest BCUT2D eigenvalue weighted by Crippen LogP contribution is 2.80. The molecule has 0 N–H and O–H groups in total. The predicted octanol–water partition coefficient (Wildman–Crippen LogP) is 5.32. The number of ketones is 1. The fraction of sp³-hybridized carbons (Fsp3) is 0.750. The average Bonchev–Trinajstić information content (AvgIpc) is 3.42. The maximum Gasteiger partial charge on any atom is 0.155 e. The van der Waals surface area contributed by atoms with Crippen molar-refractivity contribution in [3.8, 4) is 6.07 Å². The third-order valence-corrected chi connectivity index (χ3v) is 9.72. The minimum absolute atomic E-state index is 0.133. The molecule has 9 atom stereocenters. The lowest BCUT2D eigenvalue weighted by molar-refractivity contribution is -0.117. The largest absolute Gasteiger partial charge is 0.295 e. The summed E-state index contributed by atoms with van der Waals surface area (Å²) >= 11 is 0. The Morgan fingerprint density at radius 1 is 1.38 bits per heavy atom. The molecule has 0 amide bonds. The zero-order chi connectivity index (χ0) is 18.3. The van der Waals surface area contributed by atoms with Crippen LogP contribution in [0.3, 0.4) is 0 Å². The average molecular weight is 350 g/mol. The number of carbonyl (C=O) groups excluding carboxylic acids is 1. The van der Waals surface area contributed by atoms with Crippen molar-refractivity contribution in [2.45, 2.75) is 58.8 Å². The molecular formula is C24H31NO. The molecular weight excluding hydrogens is 318 g/mol. The van der Waals surface area contributed by atoms with Gasteiger partial charge in [-0.25, -0.2) is 0 Å². The van der Waals surface area contributed by atoms with Crippen LogP contribution >= 0.6 is 0 Å². The smallest absolute Gasteiger partial charge is 0.155 e. The summed E-state index contributed by atoms with van der Waals surface area (Å²) in [6.07, 6.45) is 11.9. The normalized spacial score (nSPS) is 54.1. The number of carbonyl (C=O) groups is 1. The van der Waals surface area contributed by atoms with Crippen molar-refractivity contribution in [2.24, 2.45) is 52.3 Å². The summed E-state index contributed by atoms with van der Waals surface area (Å²) < 4.78 is 0. The summed E-state index contributed by atoms with van der Waals surface area (Å²) in [6.45, 7) is 8.84. The van der Waals surface area contributed by atoms with E-state index < -0.39 is 0 Å². The van der Waals surface area contributed by atoms with Gasteiger partial charge in [0.25, 0.3) is 0 Å². The van der Waals surface area contributed by atoms with Gasteiger partial charge in [0.15, 0.2) is 5.78 Å². The van der Waals surface area contributed by atoms with Crippen LogP contribution in [0.4, 0.5) is 0 Å². The first-order valence-corrected chi connectivity index (χ1v) is 10.8. The Morgan fingerprint density at radius 2 is 2.19 bits per heavy atom. The van der Waals surface area contributed by atoms with E-state index in [9.17, 15) is 10.1 Å². The van der Waals surface area contributed by atoms with Crippen LogP contribution in [0.2, 0.25) is 0 Å². The van der Waals surface area contributed by atoms with Gasteiger partial charge in [-0.05, 0) is 98.4 Å². The van der Waals surface area contributed by atoms with Gasteiger partial charge in [0.1, 0.15) is 0 Å². The van der Waals surface area contributed by atoms with Crippen molar-refractivity contribution in [1.82, 2.24) is 0 Å². The van der Waals surface area contributed by atoms with Crippen molar-refractivity contribution in [3.63, 3.8) is 0 Å². The van der Waals surface area contributed by atoms with E-state index in [1.54, 1.807) is 0 Å². The van der Waals surface area contributed by atoms with E-state index in [0.29, 0.717) is 41.3 Å². The molecule has 0 heterocycles. The van der Waals surface area contributed by atoms with Gasteiger partial charge in [0.05, 0.1) is 11.5 Å². The van der Waals surface area contributed by atoms with Gasteiger partial charge in [-0.2, -0.15) is 5.26 Å². The SMILES string of the molecule is C=C[C@@H]1CC2=CC(=O)CC[C@@H]2[C@H]2CC[C@@]3(CC)[C@@H]([C@@H]4C[C@@H]4[C@]3(C)C#N)[C@@H]21. The van der Waals surface area contributed by atoms with Crippen LogP contribution in [0.15, 0.2) is 24.3 Å². The molecule has 5 aliphatic rings. The molecule has 4 saturated carbocycles. The Kier molecular flexibility index (Phi) is 3.45. The standard InChI is InChI=1S/C24H31NO/c1-4-14-10-15-11-16(26)6-7-17(15)18-8-9-24(5-2)22(21(14)18)19-12-20(19)23(24,3)13-25/h4,11,14,17-22H,1,5-10,12H2,2-3H3/t14-,17+,18-,19-,20+,21-,22+,23+,24+/m1/s1. The van der Waals surface area contributed by atoms with E-state index >= 15 is 0 Å². The van der Waals surface area contributed by atoms with Gasteiger partial charge in [0, 0.05) is 6.42 Å². The molecule has 0 bridgehead atoms. The summed E-state index contributed by atoms with van der Waals surface area (Å²) in [4.78, 5) is 12.0. The molecule has 138 valence electrons. The maximum atomic E-state index is 12.0. The van der Waals surface area contributed by atoms with Crippen molar-refractivity contribution in [3.05, 3.63) is 24.3 Å². The van der Waals surface area contributed by atoms with E-state index in [-0.39, 0.29) is 10.8 Å². The minimum Gasteiger partial charge on any atom is -0.295 e. The lowest BCUT2D eigenvalue weighted by Gasteiger charge is -2.59. The van der Waals surface area contributed by atoms with E-state index in [1.807, 2.05) is 6.08 Å². The maximum absolute atomic E-state index is 12.0. The summed E-state index contributed by atoms with van der Waals surface area (Å²) in [6, 6.07) is 2.83. The quantitative estimate of drug-likeness (QED) is 0.633. The van der Waals surface area contributed by atoms with Crippen molar-refractivity contribution < 1.29 is 4.79 Å². The molecule has 2 heteroatoms. The Balaban J connectivity index is 1.60. The van der Waals surface area contributed by atoms with Crippen LogP contribution in [0.25, 0.3) is 0 Å². The lowest BCUT2D eigenvalue weighted by Crippen LogP contribution is -2.54. The van der Waals surface area contributed by atoms with Crippen molar-refractivity contribution >= 4 is 5.78 Å². The van der Waals surface area contributed by atoms with Crippen molar-refractivity contribution in [2.75, 3.05) is 0 Å². The van der Waals surface area contributed by atoms with Crippen LogP contribution < -0.4 is 0 Å². The van der Waals surface area contributed by atoms with E-state index in [2.05, 4.69) is 32.6 Å². The molecule has 0 saturated heterocycles. The van der Waals surface area contributed by atoms with Crippen LogP contribution in [0, 0.1) is 63.6 Å². The molecule has 0 spiro atoms. The highest BCUT2D eigenvalue weighted by Gasteiger charge is 2.76. The van der Waals surface area contributed by atoms with Crippen molar-refractivity contribution in [1.29, 1.82) is 5.26 Å². The number of rotatable bonds is 2. The second-order valence-electron chi connectivity index (χ2n) is 10.1. The van der Waals surface area contributed by atoms with E-state index in [1.165, 1.54) is 24.8 Å². The van der Waals surface area contributed by atoms with Gasteiger partial charge >= 0.3 is 0 Å². The third-order valence-electron chi connectivity index (χ3n) is 9.72. The molecule has 0 aromatic carbocycles. The Bertz CT molecular complexity index is 744. The molecule has 2 nitrogen and oxygen atoms in total. The molecule has 4 fully saturated rings. The highest BCUT2D eigenvalue weighted by molar-refractivity contribution is 5.91. The Hall–Kier alpha value is -1.36. The minimum atomic E-state index is -0.133. The van der Waals surface area contributed by atoms with Gasteiger partial charge in [0.2, 0.25) is 0 Å². The van der Waals surface area contributed by atoms with Gasteiger partial charge in [-0.1, -0.05) is 18.6 Å². The summed E-state index contributed by atoms with van der Waals surface area (Å²) in [5.41, 5.74) is 1.50. The van der Waals surface area contributed by atoms with Crippen LogP contribution in [0.5, 0.6) is 0 Å². The fourth-order valence-electron chi connectivity index (χ4n) is 8.61. The summed E-state index contributed by atoms with van der Waals surface area (Å²) in [5, 5.41) is 10.2. The highest BCUT2D eigenvalue weighted by atomic mass is 16.1. The number of hydrogen-bond acceptors (Lipinski definition) is 2. The zero-order valence-corrected chi connectivity index (χ0v) is 16.2. The number of nitriles is 1. The first-order valence-electron chi connectivity index (χ1n) is 10.8. The predicted molar refractivity (Wildman–Crippen MR) is 102 cm³/mol. The molecule has 0 radical (unpaired) electrons. The van der Waals surface area contributed by atoms with Crippen LogP contribution in [0.1, 0.15) is 58.8 Å². The first kappa shape index (κ1) is 16.8. The molecule has 0 aromatic heterocycles. The molecule has 26 heavy (non-hydrogen) atoms. The molecule has 0 aliphatic heterocycles. The molecule has 5 aliphatic carbocycles. The zero-order valence-electron chi connectivity index (χ0n) is 16.2. The number of nitrogens with zero attached hydrogens (tertiary/aromatic N) is 1. The fourth-order valence-corrected chi connectivity index (χ4v) is 8.61. The second-order valence-corrected chi connectivity index (χ2v) is 10.1. The van der Waals surface area contributed by atoms with Gasteiger partial charge in [-0.3, -0.25) is 4.79 Å². The monoisotopic (exact) mass is 349 g/mol. The van der Waals surface area contributed by atoms with Crippen LogP contribution in [-0.4, -0.2) is 5.78 Å². The third kappa shape index (κ3) is 1.81. The van der Waals surface area contributed by atoms with E-state index in [4.69, 9.17) is 0 Å². The first-order chi connectivity index (χ1) is 12.5. The number of hydrogen-bond donors (Lipinski definition) is 0. The van der Waals surface area contributed by atoms with Gasteiger partial charge < -0.3 is 0 Å². The van der Waals surface area contributed by atoms with Crippen LogP contribution in [-0.2, 0) is 4.79 Å².